The number of imidazole rings is 1. The molecule has 0 aliphatic heterocycles. The molecule has 1 N–H and O–H groups in total. The van der Waals surface area contributed by atoms with E-state index in [0.717, 1.165) is 23.4 Å². The molecule has 0 amide bonds. The molecule has 1 unspecified atom stereocenters. The van der Waals surface area contributed by atoms with Gasteiger partial charge in [0, 0.05) is 11.8 Å². The highest BCUT2D eigenvalue weighted by molar-refractivity contribution is 5.58. The number of ether oxygens (including phenoxy) is 1. The molecule has 1 aromatic carbocycles. The first-order chi connectivity index (χ1) is 7.79. The van der Waals surface area contributed by atoms with Crippen LogP contribution in [0.1, 0.15) is 20.3 Å². The molecular weight excluding hydrogens is 200 g/mol. The Bertz CT molecular complexity index is 420. The van der Waals surface area contributed by atoms with Crippen LogP contribution >= 0.6 is 0 Å². The number of aromatic nitrogens is 2. The Morgan fingerprint density at radius 3 is 2.69 bits per heavy atom. The van der Waals surface area contributed by atoms with Crippen LogP contribution in [-0.2, 0) is 0 Å². The number of hydrogen-bond donors (Lipinski definition) is 1. The van der Waals surface area contributed by atoms with Crippen LogP contribution in [0.3, 0.4) is 0 Å². The fourth-order valence-electron chi connectivity index (χ4n) is 1.39. The molecule has 0 fully saturated rings. The van der Waals surface area contributed by atoms with Gasteiger partial charge in [-0.2, -0.15) is 0 Å². The quantitative estimate of drug-likeness (QED) is 0.851. The summed E-state index contributed by atoms with van der Waals surface area (Å²) >= 11 is 0. The summed E-state index contributed by atoms with van der Waals surface area (Å²) in [7, 11) is 0. The first-order valence-electron chi connectivity index (χ1n) is 5.48. The summed E-state index contributed by atoms with van der Waals surface area (Å²) in [5, 5.41) is 0. The van der Waals surface area contributed by atoms with E-state index in [9.17, 15) is 0 Å². The normalized spacial score (nSPS) is 12.4. The Morgan fingerprint density at radius 2 is 2.12 bits per heavy atom. The van der Waals surface area contributed by atoms with Crippen molar-refractivity contribution in [2.45, 2.75) is 26.4 Å². The molecule has 3 nitrogen and oxygen atoms in total. The average Bonchev–Trinajstić information content (AvgIpc) is 2.83. The van der Waals surface area contributed by atoms with E-state index in [-0.39, 0.29) is 6.10 Å². The number of benzene rings is 1. The summed E-state index contributed by atoms with van der Waals surface area (Å²) in [5.41, 5.74) is 1.96. The fraction of sp³-hybridized carbons (Fsp3) is 0.308. The number of hydrogen-bond acceptors (Lipinski definition) is 2. The van der Waals surface area contributed by atoms with Crippen molar-refractivity contribution in [2.24, 2.45) is 0 Å². The highest BCUT2D eigenvalue weighted by atomic mass is 16.5. The third kappa shape index (κ3) is 2.42. The molecule has 83 valence electrons. The minimum absolute atomic E-state index is 0.254. The van der Waals surface area contributed by atoms with E-state index in [1.807, 2.05) is 30.5 Å². The molecular formula is C13H15N2O. The van der Waals surface area contributed by atoms with Crippen molar-refractivity contribution in [1.29, 1.82) is 0 Å². The van der Waals surface area contributed by atoms with Gasteiger partial charge >= 0.3 is 0 Å². The molecule has 1 atom stereocenters. The van der Waals surface area contributed by atoms with Crippen molar-refractivity contribution in [3.63, 3.8) is 0 Å². The molecule has 2 aromatic rings. The Kier molecular flexibility index (Phi) is 3.25. The van der Waals surface area contributed by atoms with E-state index >= 15 is 0 Å². The summed E-state index contributed by atoms with van der Waals surface area (Å²) in [4.78, 5) is 6.89. The molecule has 2 rings (SSSR count). The van der Waals surface area contributed by atoms with E-state index < -0.39 is 0 Å². The van der Waals surface area contributed by atoms with Crippen molar-refractivity contribution < 1.29 is 4.74 Å². The lowest BCUT2D eigenvalue weighted by atomic mass is 10.1. The first-order valence-corrected chi connectivity index (χ1v) is 5.48. The highest BCUT2D eigenvalue weighted by Crippen LogP contribution is 2.20. The SMILES string of the molecule is CCC(C)Oc1ccc(-c2c[nH][c]n2)cc1. The third-order valence-electron chi connectivity index (χ3n) is 2.51. The molecule has 1 heterocycles. The smallest absolute Gasteiger partial charge is 0.174 e. The van der Waals surface area contributed by atoms with Gasteiger partial charge in [0.15, 0.2) is 6.33 Å². The van der Waals surface area contributed by atoms with Gasteiger partial charge in [0.1, 0.15) is 5.75 Å². The topological polar surface area (TPSA) is 37.9 Å². The zero-order chi connectivity index (χ0) is 11.4. The van der Waals surface area contributed by atoms with Gasteiger partial charge < -0.3 is 9.72 Å². The number of aromatic amines is 1. The molecule has 0 saturated carbocycles. The second kappa shape index (κ2) is 4.84. The lowest BCUT2D eigenvalue weighted by Gasteiger charge is -2.12. The zero-order valence-electron chi connectivity index (χ0n) is 9.53. The molecule has 0 aliphatic rings. The molecule has 0 spiro atoms. The summed E-state index contributed by atoms with van der Waals surface area (Å²) in [5.74, 6) is 0.901. The Balaban J connectivity index is 2.11. The van der Waals surface area contributed by atoms with Crippen LogP contribution in [-0.4, -0.2) is 16.1 Å². The number of nitrogens with zero attached hydrogens (tertiary/aromatic N) is 1. The molecule has 1 radical (unpaired) electrons. The fourth-order valence-corrected chi connectivity index (χ4v) is 1.39. The summed E-state index contributed by atoms with van der Waals surface area (Å²) < 4.78 is 5.70. The van der Waals surface area contributed by atoms with Crippen LogP contribution in [0, 0.1) is 6.33 Å². The van der Waals surface area contributed by atoms with Crippen molar-refractivity contribution in [1.82, 2.24) is 9.97 Å². The van der Waals surface area contributed by atoms with Gasteiger partial charge in [-0.3, -0.25) is 0 Å². The van der Waals surface area contributed by atoms with Crippen LogP contribution in [0.2, 0.25) is 0 Å². The van der Waals surface area contributed by atoms with Crippen molar-refractivity contribution >= 4 is 0 Å². The Hall–Kier alpha value is -1.77. The van der Waals surface area contributed by atoms with Gasteiger partial charge in [0.05, 0.1) is 11.8 Å². The number of rotatable bonds is 4. The van der Waals surface area contributed by atoms with Crippen LogP contribution in [0.4, 0.5) is 0 Å². The second-order valence-electron chi connectivity index (χ2n) is 3.76. The van der Waals surface area contributed by atoms with Crippen molar-refractivity contribution in [2.75, 3.05) is 0 Å². The lowest BCUT2D eigenvalue weighted by Crippen LogP contribution is -2.09. The number of nitrogens with one attached hydrogen (secondary N) is 1. The lowest BCUT2D eigenvalue weighted by molar-refractivity contribution is 0.217. The maximum Gasteiger partial charge on any atom is 0.174 e. The van der Waals surface area contributed by atoms with Gasteiger partial charge in [-0.1, -0.05) is 6.92 Å². The van der Waals surface area contributed by atoms with Gasteiger partial charge in [-0.25, -0.2) is 4.98 Å². The summed E-state index contributed by atoms with van der Waals surface area (Å²) in [6, 6.07) is 7.94. The Labute approximate surface area is 95.5 Å². The van der Waals surface area contributed by atoms with Gasteiger partial charge in [-0.05, 0) is 37.6 Å². The third-order valence-corrected chi connectivity index (χ3v) is 2.51. The molecule has 16 heavy (non-hydrogen) atoms. The van der Waals surface area contributed by atoms with Gasteiger partial charge in [0.2, 0.25) is 0 Å². The van der Waals surface area contributed by atoms with E-state index in [1.54, 1.807) is 0 Å². The first kappa shape index (κ1) is 10.7. The van der Waals surface area contributed by atoms with Crippen LogP contribution in [0.25, 0.3) is 11.3 Å². The molecule has 3 heteroatoms. The standard InChI is InChI=1S/C13H15N2O/c1-3-10(2)16-12-6-4-11(5-7-12)13-8-14-9-15-13/h4-8,10H,3H2,1-2H3,(H,14,15). The van der Waals surface area contributed by atoms with E-state index in [2.05, 4.69) is 30.1 Å². The average molecular weight is 215 g/mol. The predicted molar refractivity (Wildman–Crippen MR) is 63.2 cm³/mol. The monoisotopic (exact) mass is 215 g/mol. The van der Waals surface area contributed by atoms with Crippen molar-refractivity contribution in [3.05, 3.63) is 36.8 Å². The zero-order valence-corrected chi connectivity index (χ0v) is 9.53. The highest BCUT2D eigenvalue weighted by Gasteiger charge is 2.02. The second-order valence-corrected chi connectivity index (χ2v) is 3.76. The Morgan fingerprint density at radius 1 is 1.38 bits per heavy atom. The van der Waals surface area contributed by atoms with E-state index in [1.165, 1.54) is 0 Å². The summed E-state index contributed by atoms with van der Waals surface area (Å²) in [6.07, 6.45) is 5.77. The minimum Gasteiger partial charge on any atom is -0.491 e. The van der Waals surface area contributed by atoms with Gasteiger partial charge in [-0.15, -0.1) is 0 Å². The maximum atomic E-state index is 5.70. The molecule has 0 aliphatic carbocycles. The predicted octanol–water partition coefficient (Wildman–Crippen LogP) is 3.05. The van der Waals surface area contributed by atoms with E-state index in [4.69, 9.17) is 4.74 Å². The van der Waals surface area contributed by atoms with Crippen molar-refractivity contribution in [3.8, 4) is 17.0 Å². The minimum atomic E-state index is 0.254. The van der Waals surface area contributed by atoms with Crippen LogP contribution in [0.15, 0.2) is 30.5 Å². The molecule has 1 aromatic heterocycles. The van der Waals surface area contributed by atoms with Gasteiger partial charge in [0.25, 0.3) is 0 Å². The molecule has 0 bridgehead atoms. The molecule has 0 saturated heterocycles. The van der Waals surface area contributed by atoms with Crippen LogP contribution < -0.4 is 4.74 Å². The maximum absolute atomic E-state index is 5.70. The van der Waals surface area contributed by atoms with Crippen LogP contribution in [0.5, 0.6) is 5.75 Å². The summed E-state index contributed by atoms with van der Waals surface area (Å²) in [6.45, 7) is 4.18. The largest absolute Gasteiger partial charge is 0.491 e. The van der Waals surface area contributed by atoms with E-state index in [0.29, 0.717) is 0 Å². The number of H-pyrrole nitrogens is 1.